The predicted molar refractivity (Wildman–Crippen MR) is 87.7 cm³/mol. The van der Waals surface area contributed by atoms with E-state index < -0.39 is 35.4 Å². The number of ether oxygens (including phenoxy) is 2. The molecule has 6 nitrogen and oxygen atoms in total. The molecule has 0 saturated heterocycles. The van der Waals surface area contributed by atoms with Crippen LogP contribution in [-0.4, -0.2) is 34.8 Å². The number of benzene rings is 1. The highest BCUT2D eigenvalue weighted by molar-refractivity contribution is 5.67. The number of hydrogen-bond donors (Lipinski definition) is 0. The lowest BCUT2D eigenvalue weighted by Gasteiger charge is -2.13. The largest absolute Gasteiger partial charge is 0.491 e. The first-order chi connectivity index (χ1) is 12.8. The SMILES string of the molecule is COc1ccn2c(=O)c(-c3ccc(OCCF)cc3)c(C(F)(F)F)nc2n1. The second-order valence-corrected chi connectivity index (χ2v) is 5.34. The van der Waals surface area contributed by atoms with Gasteiger partial charge in [0.2, 0.25) is 11.7 Å². The second kappa shape index (κ2) is 7.22. The van der Waals surface area contributed by atoms with Gasteiger partial charge in [-0.2, -0.15) is 18.2 Å². The monoisotopic (exact) mass is 383 g/mol. The molecule has 0 bridgehead atoms. The Morgan fingerprint density at radius 2 is 1.81 bits per heavy atom. The van der Waals surface area contributed by atoms with E-state index in [0.29, 0.717) is 0 Å². The fourth-order valence-electron chi connectivity index (χ4n) is 2.46. The molecule has 3 rings (SSSR count). The number of rotatable bonds is 5. The van der Waals surface area contributed by atoms with E-state index >= 15 is 0 Å². The van der Waals surface area contributed by atoms with Gasteiger partial charge in [0, 0.05) is 12.3 Å². The van der Waals surface area contributed by atoms with E-state index in [0.717, 1.165) is 4.40 Å². The lowest BCUT2D eigenvalue weighted by atomic mass is 10.0. The summed E-state index contributed by atoms with van der Waals surface area (Å²) in [6.07, 6.45) is -3.64. The molecule has 0 aliphatic carbocycles. The first-order valence-corrected chi connectivity index (χ1v) is 7.69. The molecule has 2 heterocycles. The van der Waals surface area contributed by atoms with Crippen molar-refractivity contribution in [3.63, 3.8) is 0 Å². The molecular formula is C17H13F4N3O3. The molecule has 3 aromatic rings. The number of hydrogen-bond acceptors (Lipinski definition) is 5. The highest BCUT2D eigenvalue weighted by Crippen LogP contribution is 2.34. The van der Waals surface area contributed by atoms with Crippen LogP contribution in [0.2, 0.25) is 0 Å². The van der Waals surface area contributed by atoms with E-state index in [2.05, 4.69) is 9.97 Å². The first-order valence-electron chi connectivity index (χ1n) is 7.69. The third-order valence-corrected chi connectivity index (χ3v) is 3.64. The van der Waals surface area contributed by atoms with Crippen molar-refractivity contribution in [3.8, 4) is 22.8 Å². The molecule has 0 saturated carbocycles. The molecule has 0 atom stereocenters. The van der Waals surface area contributed by atoms with Crippen molar-refractivity contribution in [3.05, 3.63) is 52.6 Å². The van der Waals surface area contributed by atoms with E-state index in [-0.39, 0.29) is 23.8 Å². The van der Waals surface area contributed by atoms with Crippen molar-refractivity contribution >= 4 is 5.78 Å². The van der Waals surface area contributed by atoms with Crippen molar-refractivity contribution in [1.29, 1.82) is 0 Å². The third kappa shape index (κ3) is 3.69. The Morgan fingerprint density at radius 3 is 2.41 bits per heavy atom. The van der Waals surface area contributed by atoms with Gasteiger partial charge in [0.1, 0.15) is 19.0 Å². The van der Waals surface area contributed by atoms with Gasteiger partial charge in [0.05, 0.1) is 12.7 Å². The molecule has 0 N–H and O–H groups in total. The van der Waals surface area contributed by atoms with Crippen molar-refractivity contribution in [2.24, 2.45) is 0 Å². The lowest BCUT2D eigenvalue weighted by Crippen LogP contribution is -2.24. The lowest BCUT2D eigenvalue weighted by molar-refractivity contribution is -0.140. The Labute approximate surface area is 150 Å². The van der Waals surface area contributed by atoms with Crippen LogP contribution in [0, 0.1) is 0 Å². The van der Waals surface area contributed by atoms with Gasteiger partial charge >= 0.3 is 6.18 Å². The summed E-state index contributed by atoms with van der Waals surface area (Å²) >= 11 is 0. The smallest absolute Gasteiger partial charge is 0.434 e. The molecule has 0 aliphatic rings. The number of halogens is 4. The van der Waals surface area contributed by atoms with Crippen LogP contribution in [-0.2, 0) is 6.18 Å². The molecule has 0 fully saturated rings. The zero-order valence-electron chi connectivity index (χ0n) is 14.0. The highest BCUT2D eigenvalue weighted by atomic mass is 19.4. The van der Waals surface area contributed by atoms with Crippen LogP contribution < -0.4 is 15.0 Å². The normalized spacial score (nSPS) is 11.6. The maximum absolute atomic E-state index is 13.5. The summed E-state index contributed by atoms with van der Waals surface area (Å²) in [5, 5.41) is 0. The van der Waals surface area contributed by atoms with Gasteiger partial charge < -0.3 is 9.47 Å². The van der Waals surface area contributed by atoms with Crippen LogP contribution in [0.4, 0.5) is 17.6 Å². The summed E-state index contributed by atoms with van der Waals surface area (Å²) in [6.45, 7) is -0.882. The number of methoxy groups -OCH3 is 1. The zero-order chi connectivity index (χ0) is 19.6. The summed E-state index contributed by atoms with van der Waals surface area (Å²) in [6, 6.07) is 6.60. The minimum absolute atomic E-state index is 0.00218. The summed E-state index contributed by atoms with van der Waals surface area (Å²) in [7, 11) is 1.29. The highest BCUT2D eigenvalue weighted by Gasteiger charge is 2.38. The van der Waals surface area contributed by atoms with Gasteiger partial charge in [-0.15, -0.1) is 0 Å². The van der Waals surface area contributed by atoms with Crippen molar-refractivity contribution in [2.45, 2.75) is 6.18 Å². The topological polar surface area (TPSA) is 65.7 Å². The van der Waals surface area contributed by atoms with Crippen molar-refractivity contribution in [1.82, 2.24) is 14.4 Å². The maximum atomic E-state index is 13.5. The Morgan fingerprint density at radius 1 is 1.11 bits per heavy atom. The molecule has 10 heteroatoms. The van der Waals surface area contributed by atoms with Gasteiger partial charge in [0.15, 0.2) is 5.69 Å². The summed E-state index contributed by atoms with van der Waals surface area (Å²) in [4.78, 5) is 20.0. The van der Waals surface area contributed by atoms with Gasteiger partial charge in [-0.05, 0) is 17.7 Å². The molecule has 1 aromatic carbocycles. The van der Waals surface area contributed by atoms with Crippen LogP contribution >= 0.6 is 0 Å². The molecule has 2 aromatic heterocycles. The van der Waals surface area contributed by atoms with Crippen LogP contribution in [0.5, 0.6) is 11.6 Å². The average molecular weight is 383 g/mol. The standard InChI is InChI=1S/C17H13F4N3O3/c1-26-12-6-8-24-15(25)13(14(17(19,20)21)23-16(24)22-12)10-2-4-11(5-3-10)27-9-7-18/h2-6,8H,7,9H2,1H3. The van der Waals surface area contributed by atoms with E-state index in [1.165, 1.54) is 43.6 Å². The van der Waals surface area contributed by atoms with Gasteiger partial charge in [-0.3, -0.25) is 9.20 Å². The third-order valence-electron chi connectivity index (χ3n) is 3.64. The van der Waals surface area contributed by atoms with Crippen LogP contribution in [0.3, 0.4) is 0 Å². The minimum atomic E-state index is -4.88. The average Bonchev–Trinajstić information content (AvgIpc) is 2.65. The molecule has 27 heavy (non-hydrogen) atoms. The van der Waals surface area contributed by atoms with E-state index in [4.69, 9.17) is 9.47 Å². The number of fused-ring (bicyclic) bond motifs is 1. The minimum Gasteiger partial charge on any atom is -0.491 e. The Hall–Kier alpha value is -3.17. The fraction of sp³-hybridized carbons (Fsp3) is 0.235. The molecule has 0 unspecified atom stereocenters. The second-order valence-electron chi connectivity index (χ2n) is 5.34. The quantitative estimate of drug-likeness (QED) is 0.634. The summed E-state index contributed by atoms with van der Waals surface area (Å²) in [5.74, 6) is -0.138. The summed E-state index contributed by atoms with van der Waals surface area (Å²) in [5.41, 5.74) is -2.91. The fourth-order valence-corrected chi connectivity index (χ4v) is 2.46. The molecule has 0 spiro atoms. The number of alkyl halides is 4. The maximum Gasteiger partial charge on any atom is 0.434 e. The van der Waals surface area contributed by atoms with Gasteiger partial charge in [-0.1, -0.05) is 12.1 Å². The van der Waals surface area contributed by atoms with E-state index in [1.807, 2.05) is 0 Å². The summed E-state index contributed by atoms with van der Waals surface area (Å²) < 4.78 is 63.6. The van der Waals surface area contributed by atoms with Crippen LogP contribution in [0.1, 0.15) is 5.69 Å². The molecule has 0 amide bonds. The van der Waals surface area contributed by atoms with Crippen LogP contribution in [0.15, 0.2) is 41.3 Å². The van der Waals surface area contributed by atoms with E-state index in [9.17, 15) is 22.4 Å². The predicted octanol–water partition coefficient (Wildman–Crippen LogP) is 3.13. The first kappa shape index (κ1) is 18.6. The Kier molecular flexibility index (Phi) is 4.98. The Balaban J connectivity index is 2.21. The van der Waals surface area contributed by atoms with Gasteiger partial charge in [0.25, 0.3) is 5.56 Å². The van der Waals surface area contributed by atoms with Crippen molar-refractivity contribution in [2.75, 3.05) is 20.4 Å². The number of nitrogens with zero attached hydrogens (tertiary/aromatic N) is 3. The Bertz CT molecular complexity index is 1020. The van der Waals surface area contributed by atoms with Crippen LogP contribution in [0.25, 0.3) is 16.9 Å². The van der Waals surface area contributed by atoms with Crippen molar-refractivity contribution < 1.29 is 27.0 Å². The van der Waals surface area contributed by atoms with Gasteiger partial charge in [-0.25, -0.2) is 9.37 Å². The van der Waals surface area contributed by atoms with E-state index in [1.54, 1.807) is 0 Å². The molecule has 0 radical (unpaired) electrons. The molecule has 0 aliphatic heterocycles. The molecule has 142 valence electrons. The zero-order valence-corrected chi connectivity index (χ0v) is 14.0. The molecular weight excluding hydrogens is 370 g/mol. The number of aromatic nitrogens is 3.